The molecule has 138 valence electrons. The van der Waals surface area contributed by atoms with Crippen LogP contribution in [0.5, 0.6) is 5.88 Å². The molecule has 0 atom stereocenters. The molecule has 0 aliphatic rings. The highest BCUT2D eigenvalue weighted by atomic mass is 35.5. The maximum absolute atomic E-state index is 12.3. The molecule has 2 heterocycles. The van der Waals surface area contributed by atoms with Gasteiger partial charge < -0.3 is 18.8 Å². The number of carbonyl (C=O) groups excluding carboxylic acids is 1. The Bertz CT molecular complexity index is 755. The zero-order valence-corrected chi connectivity index (χ0v) is 17.1. The molecule has 6 nitrogen and oxygen atoms in total. The second-order valence-corrected chi connectivity index (χ2v) is 12.9. The number of halogens is 1. The van der Waals surface area contributed by atoms with Crippen LogP contribution in [0.25, 0.3) is 10.9 Å². The standard InChI is InChI=1S/C17H25ClN2O4Si/c1-6-24-17(21)14-9-12-13(18)10-19-16(22-2)15(12)20(14)11-23-7-8-25(3,4)5/h9-10H,6-8,11H2,1-5H3. The third kappa shape index (κ3) is 4.74. The van der Waals surface area contributed by atoms with Crippen LogP contribution in [-0.2, 0) is 16.2 Å². The summed E-state index contributed by atoms with van der Waals surface area (Å²) in [6.07, 6.45) is 1.51. The molecule has 0 amide bonds. The predicted octanol–water partition coefficient (Wildman–Crippen LogP) is 4.19. The van der Waals surface area contributed by atoms with E-state index in [2.05, 4.69) is 24.6 Å². The van der Waals surface area contributed by atoms with E-state index in [1.807, 2.05) is 0 Å². The van der Waals surface area contributed by atoms with Crippen molar-refractivity contribution in [1.82, 2.24) is 9.55 Å². The van der Waals surface area contributed by atoms with E-state index in [1.165, 1.54) is 13.3 Å². The Morgan fingerprint density at radius 3 is 2.68 bits per heavy atom. The lowest BCUT2D eigenvalue weighted by Gasteiger charge is -2.17. The molecule has 0 spiro atoms. The van der Waals surface area contributed by atoms with Gasteiger partial charge in [-0.25, -0.2) is 9.78 Å². The number of methoxy groups -OCH3 is 1. The summed E-state index contributed by atoms with van der Waals surface area (Å²) in [5.74, 6) is -0.0330. The summed E-state index contributed by atoms with van der Waals surface area (Å²) in [6, 6.07) is 2.73. The number of esters is 1. The van der Waals surface area contributed by atoms with Gasteiger partial charge >= 0.3 is 5.97 Å². The molecule has 0 aliphatic carbocycles. The summed E-state index contributed by atoms with van der Waals surface area (Å²) in [6.45, 7) is 9.77. The minimum absolute atomic E-state index is 0.209. The van der Waals surface area contributed by atoms with E-state index in [-0.39, 0.29) is 6.73 Å². The first-order valence-corrected chi connectivity index (χ1v) is 12.3. The van der Waals surface area contributed by atoms with E-state index in [0.717, 1.165) is 6.04 Å². The number of hydrogen-bond acceptors (Lipinski definition) is 5. The van der Waals surface area contributed by atoms with Crippen molar-refractivity contribution in [3.05, 3.63) is 23.0 Å². The lowest BCUT2D eigenvalue weighted by molar-refractivity contribution is 0.0477. The summed E-state index contributed by atoms with van der Waals surface area (Å²) in [5.41, 5.74) is 1.00. The van der Waals surface area contributed by atoms with Gasteiger partial charge in [-0.05, 0) is 19.0 Å². The molecule has 0 N–H and O–H groups in total. The van der Waals surface area contributed by atoms with Gasteiger partial charge in [-0.1, -0.05) is 31.2 Å². The minimum atomic E-state index is -1.19. The minimum Gasteiger partial charge on any atom is -0.479 e. The highest BCUT2D eigenvalue weighted by Crippen LogP contribution is 2.32. The van der Waals surface area contributed by atoms with Gasteiger partial charge in [0.15, 0.2) is 0 Å². The number of ether oxygens (including phenoxy) is 3. The molecule has 25 heavy (non-hydrogen) atoms. The summed E-state index contributed by atoms with van der Waals surface area (Å²) >= 11 is 6.26. The van der Waals surface area contributed by atoms with Gasteiger partial charge in [-0.2, -0.15) is 0 Å². The number of aromatic nitrogens is 2. The third-order valence-electron chi connectivity index (χ3n) is 3.75. The number of carbonyl (C=O) groups is 1. The highest BCUT2D eigenvalue weighted by Gasteiger charge is 2.22. The van der Waals surface area contributed by atoms with Gasteiger partial charge in [0.25, 0.3) is 0 Å². The molecule has 0 unspecified atom stereocenters. The average molecular weight is 385 g/mol. The number of rotatable bonds is 8. The second-order valence-electron chi connectivity index (χ2n) is 6.90. The summed E-state index contributed by atoms with van der Waals surface area (Å²) in [4.78, 5) is 16.5. The smallest absolute Gasteiger partial charge is 0.355 e. The fraction of sp³-hybridized carbons (Fsp3) is 0.529. The van der Waals surface area contributed by atoms with Gasteiger partial charge in [0.05, 0.1) is 24.9 Å². The molecule has 2 rings (SSSR count). The molecular weight excluding hydrogens is 360 g/mol. The van der Waals surface area contributed by atoms with E-state index < -0.39 is 14.0 Å². The van der Waals surface area contributed by atoms with Crippen LogP contribution in [0, 0.1) is 0 Å². The highest BCUT2D eigenvalue weighted by molar-refractivity contribution is 6.76. The van der Waals surface area contributed by atoms with Gasteiger partial charge in [-0.15, -0.1) is 0 Å². The maximum atomic E-state index is 12.3. The van der Waals surface area contributed by atoms with E-state index in [9.17, 15) is 4.79 Å². The lowest BCUT2D eigenvalue weighted by Crippen LogP contribution is -2.22. The molecule has 0 saturated heterocycles. The number of fused-ring (bicyclic) bond motifs is 1. The zero-order chi connectivity index (χ0) is 18.6. The molecule has 0 aliphatic heterocycles. The monoisotopic (exact) mass is 384 g/mol. The van der Waals surface area contributed by atoms with Crippen LogP contribution in [0.15, 0.2) is 12.3 Å². The van der Waals surface area contributed by atoms with Crippen LogP contribution < -0.4 is 4.74 Å². The van der Waals surface area contributed by atoms with Crippen LogP contribution in [0.2, 0.25) is 30.7 Å². The van der Waals surface area contributed by atoms with Crippen molar-refractivity contribution < 1.29 is 19.0 Å². The first kappa shape index (κ1) is 19.7. The van der Waals surface area contributed by atoms with Crippen molar-refractivity contribution in [3.63, 3.8) is 0 Å². The molecule has 0 radical (unpaired) electrons. The molecule has 2 aromatic rings. The van der Waals surface area contributed by atoms with Crippen molar-refractivity contribution in [1.29, 1.82) is 0 Å². The van der Waals surface area contributed by atoms with E-state index >= 15 is 0 Å². The van der Waals surface area contributed by atoms with E-state index in [4.69, 9.17) is 25.8 Å². The average Bonchev–Trinajstić information content (AvgIpc) is 2.92. The third-order valence-corrected chi connectivity index (χ3v) is 5.75. The van der Waals surface area contributed by atoms with Crippen LogP contribution in [0.3, 0.4) is 0 Å². The van der Waals surface area contributed by atoms with Crippen molar-refractivity contribution in [2.75, 3.05) is 20.3 Å². The fourth-order valence-corrected chi connectivity index (χ4v) is 3.35. The Morgan fingerprint density at radius 2 is 2.08 bits per heavy atom. The second kappa shape index (κ2) is 8.20. The van der Waals surface area contributed by atoms with E-state index in [0.29, 0.717) is 40.7 Å². The van der Waals surface area contributed by atoms with Crippen molar-refractivity contribution in [3.8, 4) is 5.88 Å². The molecule has 8 heteroatoms. The Morgan fingerprint density at radius 1 is 1.36 bits per heavy atom. The number of pyridine rings is 1. The normalized spacial score (nSPS) is 11.8. The number of hydrogen-bond donors (Lipinski definition) is 0. The Balaban J connectivity index is 2.40. The van der Waals surface area contributed by atoms with E-state index in [1.54, 1.807) is 17.6 Å². The molecule has 0 fully saturated rings. The molecule has 2 aromatic heterocycles. The quantitative estimate of drug-likeness (QED) is 0.388. The Kier molecular flexibility index (Phi) is 6.48. The van der Waals surface area contributed by atoms with Gasteiger partial charge in [0.2, 0.25) is 5.88 Å². The molecule has 0 aromatic carbocycles. The summed E-state index contributed by atoms with van der Waals surface area (Å²) in [5, 5.41) is 1.13. The zero-order valence-electron chi connectivity index (χ0n) is 15.4. The SMILES string of the molecule is CCOC(=O)c1cc2c(Cl)cnc(OC)c2n1COCC[Si](C)(C)C. The molecular formula is C17H25ClN2O4Si. The first-order chi connectivity index (χ1) is 11.8. The Hall–Kier alpha value is -1.57. The maximum Gasteiger partial charge on any atom is 0.355 e. The predicted molar refractivity (Wildman–Crippen MR) is 101 cm³/mol. The van der Waals surface area contributed by atoms with Crippen molar-refractivity contribution in [2.24, 2.45) is 0 Å². The van der Waals surface area contributed by atoms with Gasteiger partial charge in [-0.3, -0.25) is 0 Å². The molecule has 0 saturated carbocycles. The Labute approximate surface area is 154 Å². The van der Waals surface area contributed by atoms with Crippen molar-refractivity contribution in [2.45, 2.75) is 39.3 Å². The van der Waals surface area contributed by atoms with Crippen LogP contribution in [0.1, 0.15) is 17.4 Å². The van der Waals surface area contributed by atoms with Crippen LogP contribution in [-0.4, -0.2) is 43.9 Å². The fourth-order valence-electron chi connectivity index (χ4n) is 2.40. The van der Waals surface area contributed by atoms with Crippen LogP contribution >= 0.6 is 11.6 Å². The van der Waals surface area contributed by atoms with Gasteiger partial charge in [0.1, 0.15) is 17.9 Å². The summed E-state index contributed by atoms with van der Waals surface area (Å²) < 4.78 is 18.1. The van der Waals surface area contributed by atoms with Crippen molar-refractivity contribution >= 4 is 36.5 Å². The summed E-state index contributed by atoms with van der Waals surface area (Å²) in [7, 11) is 0.339. The first-order valence-electron chi connectivity index (χ1n) is 8.25. The number of nitrogens with zero attached hydrogens (tertiary/aromatic N) is 2. The molecule has 0 bridgehead atoms. The van der Waals surface area contributed by atoms with Gasteiger partial charge in [0, 0.05) is 20.1 Å². The largest absolute Gasteiger partial charge is 0.479 e. The topological polar surface area (TPSA) is 62.6 Å². The van der Waals surface area contributed by atoms with Crippen LogP contribution in [0.4, 0.5) is 0 Å². The lowest BCUT2D eigenvalue weighted by atomic mass is 10.3.